The van der Waals surface area contributed by atoms with Crippen molar-refractivity contribution in [2.24, 2.45) is 11.3 Å². The zero-order valence-corrected chi connectivity index (χ0v) is 17.0. The second-order valence-corrected chi connectivity index (χ2v) is 8.53. The molecule has 0 aromatic carbocycles. The highest BCUT2D eigenvalue weighted by Crippen LogP contribution is 2.49. The number of carbonyl (C=O) groups excluding carboxylic acids is 1. The molecule has 28 heavy (non-hydrogen) atoms. The van der Waals surface area contributed by atoms with Gasteiger partial charge in [0.1, 0.15) is 12.2 Å². The molecule has 8 heteroatoms. The molecular weight excluding hydrogens is 356 g/mol. The molecule has 1 amide bonds. The fourth-order valence-electron chi connectivity index (χ4n) is 4.66. The van der Waals surface area contributed by atoms with Gasteiger partial charge in [-0.05, 0) is 25.7 Å². The number of nitrogens with zero attached hydrogens (tertiary/aromatic N) is 6. The topological polar surface area (TPSA) is 78.1 Å². The fraction of sp³-hybridized carbons (Fsp3) is 0.700. The van der Waals surface area contributed by atoms with E-state index in [1.54, 1.807) is 10.9 Å². The van der Waals surface area contributed by atoms with E-state index in [2.05, 4.69) is 33.7 Å². The van der Waals surface area contributed by atoms with Crippen LogP contribution in [-0.2, 0) is 17.8 Å². The summed E-state index contributed by atoms with van der Waals surface area (Å²) in [5, 5.41) is 13.0. The second-order valence-electron chi connectivity index (χ2n) is 8.53. The molecule has 0 bridgehead atoms. The minimum Gasteiger partial charge on any atom is -0.381 e. The van der Waals surface area contributed by atoms with Crippen LogP contribution >= 0.6 is 0 Å². The van der Waals surface area contributed by atoms with E-state index >= 15 is 0 Å². The Kier molecular flexibility index (Phi) is 5.23. The van der Waals surface area contributed by atoms with Gasteiger partial charge < -0.3 is 14.2 Å². The first-order valence-corrected chi connectivity index (χ1v) is 10.3. The molecule has 8 nitrogen and oxygen atoms in total. The molecule has 1 spiro atoms. The summed E-state index contributed by atoms with van der Waals surface area (Å²) < 4.78 is 9.63. The lowest BCUT2D eigenvalue weighted by molar-refractivity contribution is 0.0106. The van der Waals surface area contributed by atoms with E-state index in [0.29, 0.717) is 18.0 Å². The monoisotopic (exact) mass is 386 g/mol. The fourth-order valence-corrected chi connectivity index (χ4v) is 4.66. The van der Waals surface area contributed by atoms with E-state index in [1.807, 2.05) is 24.3 Å². The van der Waals surface area contributed by atoms with Crippen LogP contribution in [0, 0.1) is 11.3 Å². The van der Waals surface area contributed by atoms with Gasteiger partial charge in [0.2, 0.25) is 0 Å². The van der Waals surface area contributed by atoms with Crippen molar-refractivity contribution in [3.05, 3.63) is 30.1 Å². The molecule has 2 aliphatic rings. The highest BCUT2D eigenvalue weighted by molar-refractivity contribution is 5.94. The second kappa shape index (κ2) is 7.66. The SMILES string of the molecule is CCn1cc(C(=O)N2CC(c3nncn3CC(C)C)C3(CCOCC3)C2)cn1. The van der Waals surface area contributed by atoms with Gasteiger partial charge in [0, 0.05) is 56.9 Å². The third kappa shape index (κ3) is 3.45. The van der Waals surface area contributed by atoms with Crippen molar-refractivity contribution in [3.8, 4) is 0 Å². The van der Waals surface area contributed by atoms with Crippen molar-refractivity contribution in [2.75, 3.05) is 26.3 Å². The third-order valence-corrected chi connectivity index (χ3v) is 6.15. The summed E-state index contributed by atoms with van der Waals surface area (Å²) >= 11 is 0. The van der Waals surface area contributed by atoms with Crippen LogP contribution in [0.2, 0.25) is 0 Å². The number of carbonyl (C=O) groups is 1. The Morgan fingerprint density at radius 1 is 1.36 bits per heavy atom. The first-order chi connectivity index (χ1) is 13.5. The lowest BCUT2D eigenvalue weighted by Crippen LogP contribution is -2.37. The molecule has 1 unspecified atom stereocenters. The molecule has 0 N–H and O–H groups in total. The number of hydrogen-bond donors (Lipinski definition) is 0. The Bertz CT molecular complexity index is 820. The van der Waals surface area contributed by atoms with Crippen LogP contribution in [-0.4, -0.2) is 61.7 Å². The van der Waals surface area contributed by atoms with Gasteiger partial charge in [-0.25, -0.2) is 0 Å². The highest BCUT2D eigenvalue weighted by Gasteiger charge is 2.51. The van der Waals surface area contributed by atoms with Gasteiger partial charge in [-0.2, -0.15) is 5.10 Å². The molecule has 2 aromatic heterocycles. The zero-order chi connectivity index (χ0) is 19.7. The van der Waals surface area contributed by atoms with Crippen LogP contribution in [0.25, 0.3) is 0 Å². The summed E-state index contributed by atoms with van der Waals surface area (Å²) in [5.74, 6) is 1.76. The van der Waals surface area contributed by atoms with E-state index in [4.69, 9.17) is 4.74 Å². The summed E-state index contributed by atoms with van der Waals surface area (Å²) in [4.78, 5) is 15.2. The molecule has 2 aromatic rings. The maximum atomic E-state index is 13.2. The van der Waals surface area contributed by atoms with Gasteiger partial charge in [0.25, 0.3) is 5.91 Å². The van der Waals surface area contributed by atoms with Crippen LogP contribution in [0.15, 0.2) is 18.7 Å². The summed E-state index contributed by atoms with van der Waals surface area (Å²) in [6, 6.07) is 0. The van der Waals surface area contributed by atoms with E-state index in [9.17, 15) is 4.79 Å². The minimum absolute atomic E-state index is 0.0103. The predicted molar refractivity (Wildman–Crippen MR) is 104 cm³/mol. The van der Waals surface area contributed by atoms with Crippen LogP contribution < -0.4 is 0 Å². The molecule has 152 valence electrons. The largest absolute Gasteiger partial charge is 0.381 e. The normalized spacial score (nSPS) is 21.7. The van der Waals surface area contributed by atoms with Gasteiger partial charge in [0.05, 0.1) is 11.8 Å². The summed E-state index contributed by atoms with van der Waals surface area (Å²) in [6.07, 6.45) is 7.25. The van der Waals surface area contributed by atoms with Crippen molar-refractivity contribution >= 4 is 5.91 Å². The number of likely N-dealkylation sites (tertiary alicyclic amines) is 1. The lowest BCUT2D eigenvalue weighted by atomic mass is 9.71. The number of rotatable bonds is 5. The highest BCUT2D eigenvalue weighted by atomic mass is 16.5. The van der Waals surface area contributed by atoms with Gasteiger partial charge in [-0.1, -0.05) is 13.8 Å². The number of amides is 1. The van der Waals surface area contributed by atoms with Crippen molar-refractivity contribution in [1.82, 2.24) is 29.4 Å². The van der Waals surface area contributed by atoms with Crippen LogP contribution in [0.3, 0.4) is 0 Å². The predicted octanol–water partition coefficient (Wildman–Crippen LogP) is 2.19. The maximum Gasteiger partial charge on any atom is 0.257 e. The standard InChI is InChI=1S/C20H30N6O2/c1-4-26-11-16(9-22-26)19(27)24-12-17(20(13-24)5-7-28-8-6-20)18-23-21-14-25(18)10-15(2)3/h9,11,14-15,17H,4-8,10,12-13H2,1-3H3. The molecule has 4 heterocycles. The molecule has 0 aliphatic carbocycles. The zero-order valence-electron chi connectivity index (χ0n) is 17.0. The average Bonchev–Trinajstić information content (AvgIpc) is 3.40. The van der Waals surface area contributed by atoms with Crippen molar-refractivity contribution in [1.29, 1.82) is 0 Å². The van der Waals surface area contributed by atoms with Crippen LogP contribution in [0.4, 0.5) is 0 Å². The van der Waals surface area contributed by atoms with Crippen molar-refractivity contribution in [3.63, 3.8) is 0 Å². The Morgan fingerprint density at radius 2 is 2.14 bits per heavy atom. The van der Waals surface area contributed by atoms with Crippen molar-refractivity contribution in [2.45, 2.75) is 52.6 Å². The van der Waals surface area contributed by atoms with Gasteiger partial charge in [0.15, 0.2) is 0 Å². The van der Waals surface area contributed by atoms with E-state index in [1.165, 1.54) is 0 Å². The maximum absolute atomic E-state index is 13.2. The van der Waals surface area contributed by atoms with Gasteiger partial charge in [-0.3, -0.25) is 9.48 Å². The third-order valence-electron chi connectivity index (χ3n) is 6.15. The van der Waals surface area contributed by atoms with E-state index < -0.39 is 0 Å². The van der Waals surface area contributed by atoms with E-state index in [-0.39, 0.29) is 17.2 Å². The molecule has 2 fully saturated rings. The minimum atomic E-state index is 0.0103. The molecule has 0 radical (unpaired) electrons. The first kappa shape index (κ1) is 19.1. The Hall–Kier alpha value is -2.22. The number of ether oxygens (including phenoxy) is 1. The summed E-state index contributed by atoms with van der Waals surface area (Å²) in [5.41, 5.74) is 0.671. The molecule has 2 aliphatic heterocycles. The number of aryl methyl sites for hydroxylation is 1. The van der Waals surface area contributed by atoms with Crippen LogP contribution in [0.1, 0.15) is 55.7 Å². The van der Waals surface area contributed by atoms with Crippen LogP contribution in [0.5, 0.6) is 0 Å². The molecule has 2 saturated heterocycles. The number of hydrogen-bond acceptors (Lipinski definition) is 5. The van der Waals surface area contributed by atoms with Gasteiger partial charge in [-0.15, -0.1) is 10.2 Å². The van der Waals surface area contributed by atoms with Gasteiger partial charge >= 0.3 is 0 Å². The first-order valence-electron chi connectivity index (χ1n) is 10.3. The molecule has 4 rings (SSSR count). The molecule has 0 saturated carbocycles. The molecular formula is C20H30N6O2. The average molecular weight is 387 g/mol. The molecule has 1 atom stereocenters. The quantitative estimate of drug-likeness (QED) is 0.787. The van der Waals surface area contributed by atoms with E-state index in [0.717, 1.165) is 51.5 Å². The lowest BCUT2D eigenvalue weighted by Gasteiger charge is -2.37. The summed E-state index contributed by atoms with van der Waals surface area (Å²) in [7, 11) is 0. The Morgan fingerprint density at radius 3 is 2.82 bits per heavy atom. The number of aromatic nitrogens is 5. The Balaban J connectivity index is 1.63. The smallest absolute Gasteiger partial charge is 0.257 e. The van der Waals surface area contributed by atoms with Crippen molar-refractivity contribution < 1.29 is 9.53 Å². The summed E-state index contributed by atoms with van der Waals surface area (Å²) in [6.45, 7) is 11.0. The Labute approximate surface area is 165 Å².